The van der Waals surface area contributed by atoms with Crippen molar-refractivity contribution in [1.82, 2.24) is 16.2 Å². The number of nitrogens with one attached hydrogen (secondary N) is 4. The quantitative estimate of drug-likeness (QED) is 0.324. The van der Waals surface area contributed by atoms with Crippen molar-refractivity contribution >= 4 is 58.4 Å². The number of carbonyl (C=O) groups excluding carboxylic acids is 3. The third kappa shape index (κ3) is 7.60. The fourth-order valence-corrected chi connectivity index (χ4v) is 2.25. The van der Waals surface area contributed by atoms with Gasteiger partial charge >= 0.3 is 0 Å². The molecule has 1 aromatic carbocycles. The lowest BCUT2D eigenvalue weighted by Crippen LogP contribution is -2.48. The topological polar surface area (TPSA) is 112 Å². The molecule has 0 radical (unpaired) electrons. The van der Waals surface area contributed by atoms with Crippen LogP contribution in [0.1, 0.15) is 18.6 Å². The van der Waals surface area contributed by atoms with Gasteiger partial charge in [-0.25, -0.2) is 0 Å². The Morgan fingerprint density at radius 3 is 2.50 bits per heavy atom. The minimum absolute atomic E-state index is 0.0518. The number of benzene rings is 1. The first-order valence-electron chi connectivity index (χ1n) is 8.10. The number of rotatable bonds is 6. The molecule has 0 saturated carbocycles. The predicted octanol–water partition coefficient (Wildman–Crippen LogP) is 2.39. The smallest absolute Gasteiger partial charge is 0.250 e. The first-order valence-corrected chi connectivity index (χ1v) is 8.88. The van der Waals surface area contributed by atoms with E-state index in [0.717, 1.165) is 0 Å². The van der Waals surface area contributed by atoms with E-state index in [-0.39, 0.29) is 23.9 Å². The molecule has 0 atom stereocenters. The largest absolute Gasteiger partial charge is 0.465 e. The summed E-state index contributed by atoms with van der Waals surface area (Å²) in [4.78, 5) is 35.3. The molecule has 0 bridgehead atoms. The first kappa shape index (κ1) is 21.1. The van der Waals surface area contributed by atoms with Gasteiger partial charge in [-0.2, -0.15) is 0 Å². The molecule has 2 aromatic rings. The van der Waals surface area contributed by atoms with E-state index < -0.39 is 11.8 Å². The van der Waals surface area contributed by atoms with Crippen molar-refractivity contribution in [3.63, 3.8) is 0 Å². The van der Waals surface area contributed by atoms with Crippen molar-refractivity contribution in [1.29, 1.82) is 0 Å². The van der Waals surface area contributed by atoms with Crippen molar-refractivity contribution in [2.24, 2.45) is 0 Å². The first-order chi connectivity index (χ1) is 13.4. The van der Waals surface area contributed by atoms with Crippen LogP contribution >= 0.6 is 23.8 Å². The molecular formula is C18H17ClN4O4S. The van der Waals surface area contributed by atoms with Gasteiger partial charge in [-0.1, -0.05) is 23.7 Å². The zero-order valence-corrected chi connectivity index (χ0v) is 16.1. The highest BCUT2D eigenvalue weighted by atomic mass is 35.5. The van der Waals surface area contributed by atoms with Gasteiger partial charge in [0.15, 0.2) is 5.11 Å². The molecule has 3 amide bonds. The number of thiocarbonyl (C=S) groups is 1. The Labute approximate surface area is 171 Å². The predicted molar refractivity (Wildman–Crippen MR) is 109 cm³/mol. The average molecular weight is 421 g/mol. The molecule has 0 aliphatic rings. The van der Waals surface area contributed by atoms with Crippen LogP contribution in [0.5, 0.6) is 0 Å². The van der Waals surface area contributed by atoms with Crippen LogP contribution in [0.15, 0.2) is 53.2 Å². The van der Waals surface area contributed by atoms with Crippen LogP contribution in [0, 0.1) is 0 Å². The van der Waals surface area contributed by atoms with Crippen LogP contribution in [0.25, 0.3) is 6.08 Å². The third-order valence-electron chi connectivity index (χ3n) is 3.22. The van der Waals surface area contributed by atoms with Crippen LogP contribution in [-0.2, 0) is 14.4 Å². The zero-order chi connectivity index (χ0) is 20.4. The highest BCUT2D eigenvalue weighted by molar-refractivity contribution is 7.80. The molecule has 0 fully saturated rings. The van der Waals surface area contributed by atoms with Gasteiger partial charge in [-0.15, -0.1) is 0 Å². The molecule has 2 rings (SSSR count). The van der Waals surface area contributed by atoms with Crippen LogP contribution in [0.3, 0.4) is 0 Å². The summed E-state index contributed by atoms with van der Waals surface area (Å²) < 4.78 is 5.05. The molecule has 0 aliphatic carbocycles. The van der Waals surface area contributed by atoms with E-state index in [1.807, 2.05) is 0 Å². The molecule has 8 nitrogen and oxygen atoms in total. The maximum absolute atomic E-state index is 11.9. The van der Waals surface area contributed by atoms with Crippen molar-refractivity contribution in [3.05, 3.63) is 59.5 Å². The van der Waals surface area contributed by atoms with Gasteiger partial charge in [-0.3, -0.25) is 30.6 Å². The van der Waals surface area contributed by atoms with E-state index in [1.54, 1.807) is 36.4 Å². The number of furan rings is 1. The Kier molecular flexibility index (Phi) is 8.19. The Hall–Kier alpha value is -3.17. The number of hydrazine groups is 1. The minimum Gasteiger partial charge on any atom is -0.465 e. The second-order valence-electron chi connectivity index (χ2n) is 5.37. The summed E-state index contributed by atoms with van der Waals surface area (Å²) in [7, 11) is 0. The maximum atomic E-state index is 11.9. The van der Waals surface area contributed by atoms with Gasteiger partial charge in [0.25, 0.3) is 0 Å². The standard InChI is InChI=1S/C18H17ClN4O4S/c19-13-5-1-2-6-14(13)20-15(24)9-10-17(26)22-23-18(28)21-16(25)8-7-12-4-3-11-27-12/h1-8,11H,9-10H2,(H,20,24)(H,22,26)(H2,21,23,25,28)/b8-7+. The normalized spacial score (nSPS) is 10.3. The Balaban J connectivity index is 1.64. The van der Waals surface area contributed by atoms with Gasteiger partial charge in [0.1, 0.15) is 5.76 Å². The fourth-order valence-electron chi connectivity index (χ4n) is 1.92. The molecule has 1 aromatic heterocycles. The summed E-state index contributed by atoms with van der Waals surface area (Å²) in [5, 5.41) is 5.27. The lowest BCUT2D eigenvalue weighted by molar-refractivity contribution is -0.124. The number of hydrogen-bond acceptors (Lipinski definition) is 5. The van der Waals surface area contributed by atoms with E-state index in [4.69, 9.17) is 28.2 Å². The third-order valence-corrected chi connectivity index (χ3v) is 3.76. The van der Waals surface area contributed by atoms with E-state index in [0.29, 0.717) is 16.5 Å². The van der Waals surface area contributed by atoms with Gasteiger partial charge < -0.3 is 9.73 Å². The van der Waals surface area contributed by atoms with Crippen LogP contribution in [0.2, 0.25) is 5.02 Å². The lowest BCUT2D eigenvalue weighted by Gasteiger charge is -2.10. The molecule has 28 heavy (non-hydrogen) atoms. The second kappa shape index (κ2) is 10.9. The fraction of sp³-hybridized carbons (Fsp3) is 0.111. The summed E-state index contributed by atoms with van der Waals surface area (Å²) in [6.45, 7) is 0. The molecule has 0 saturated heterocycles. The number of para-hydroxylation sites is 1. The average Bonchev–Trinajstić information content (AvgIpc) is 3.18. The monoisotopic (exact) mass is 420 g/mol. The highest BCUT2D eigenvalue weighted by Crippen LogP contribution is 2.20. The Morgan fingerprint density at radius 1 is 1.04 bits per heavy atom. The van der Waals surface area contributed by atoms with Crippen molar-refractivity contribution < 1.29 is 18.8 Å². The summed E-state index contributed by atoms with van der Waals surface area (Å²) in [6.07, 6.45) is 4.04. The summed E-state index contributed by atoms with van der Waals surface area (Å²) >= 11 is 10.8. The minimum atomic E-state index is -0.498. The number of hydrogen-bond donors (Lipinski definition) is 4. The molecule has 146 valence electrons. The molecule has 0 aliphatic heterocycles. The van der Waals surface area contributed by atoms with Crippen molar-refractivity contribution in [3.8, 4) is 0 Å². The lowest BCUT2D eigenvalue weighted by atomic mass is 10.2. The van der Waals surface area contributed by atoms with Crippen molar-refractivity contribution in [2.75, 3.05) is 5.32 Å². The Morgan fingerprint density at radius 2 is 1.79 bits per heavy atom. The van der Waals surface area contributed by atoms with E-state index in [9.17, 15) is 14.4 Å². The molecular weight excluding hydrogens is 404 g/mol. The molecule has 4 N–H and O–H groups in total. The van der Waals surface area contributed by atoms with E-state index >= 15 is 0 Å². The summed E-state index contributed by atoms with van der Waals surface area (Å²) in [5.41, 5.74) is 5.14. The van der Waals surface area contributed by atoms with Crippen molar-refractivity contribution in [2.45, 2.75) is 12.8 Å². The zero-order valence-electron chi connectivity index (χ0n) is 14.5. The summed E-state index contributed by atoms with van der Waals surface area (Å²) in [6, 6.07) is 10.1. The number of amides is 3. The highest BCUT2D eigenvalue weighted by Gasteiger charge is 2.09. The molecule has 0 unspecified atom stereocenters. The van der Waals surface area contributed by atoms with Crippen LogP contribution in [0.4, 0.5) is 5.69 Å². The van der Waals surface area contributed by atoms with Gasteiger partial charge in [0, 0.05) is 18.9 Å². The maximum Gasteiger partial charge on any atom is 0.250 e. The van der Waals surface area contributed by atoms with Gasteiger partial charge in [-0.05, 0) is 42.6 Å². The second-order valence-corrected chi connectivity index (χ2v) is 6.18. The summed E-state index contributed by atoms with van der Waals surface area (Å²) in [5.74, 6) is -0.820. The Bertz CT molecular complexity index is 883. The van der Waals surface area contributed by atoms with E-state index in [2.05, 4.69) is 21.5 Å². The van der Waals surface area contributed by atoms with Gasteiger partial charge in [0.05, 0.1) is 17.0 Å². The SMILES string of the molecule is O=C(/C=C/c1ccco1)NC(=S)NNC(=O)CCC(=O)Nc1ccccc1Cl. The number of anilines is 1. The van der Waals surface area contributed by atoms with Crippen LogP contribution in [-0.4, -0.2) is 22.8 Å². The molecule has 0 spiro atoms. The number of halogens is 1. The van der Waals surface area contributed by atoms with Crippen LogP contribution < -0.4 is 21.5 Å². The molecule has 10 heteroatoms. The number of carbonyl (C=O) groups is 3. The molecule has 1 heterocycles. The van der Waals surface area contributed by atoms with Gasteiger partial charge in [0.2, 0.25) is 17.7 Å². The van der Waals surface area contributed by atoms with E-state index in [1.165, 1.54) is 18.4 Å².